The van der Waals surface area contributed by atoms with Crippen molar-refractivity contribution in [1.29, 1.82) is 5.26 Å². The van der Waals surface area contributed by atoms with Gasteiger partial charge in [0.2, 0.25) is 5.91 Å². The molecule has 15 heavy (non-hydrogen) atoms. The Bertz CT molecular complexity index is 272. The summed E-state index contributed by atoms with van der Waals surface area (Å²) < 4.78 is 0. The molecule has 0 radical (unpaired) electrons. The van der Waals surface area contributed by atoms with Crippen molar-refractivity contribution in [2.45, 2.75) is 38.5 Å². The molecular formula is C12H18N2O. The van der Waals surface area contributed by atoms with E-state index in [1.165, 1.54) is 12.8 Å². The number of amides is 1. The minimum Gasteiger partial charge on any atom is -0.355 e. The highest BCUT2D eigenvalue weighted by molar-refractivity contribution is 5.77. The number of carbonyl (C=O) groups is 1. The molecule has 1 aliphatic rings. The van der Waals surface area contributed by atoms with Gasteiger partial charge in [0.15, 0.2) is 0 Å². The van der Waals surface area contributed by atoms with E-state index in [4.69, 9.17) is 5.26 Å². The third-order valence-corrected chi connectivity index (χ3v) is 3.14. The van der Waals surface area contributed by atoms with Crippen molar-refractivity contribution in [3.05, 3.63) is 12.7 Å². The van der Waals surface area contributed by atoms with E-state index < -0.39 is 0 Å². The molecule has 1 rings (SSSR count). The van der Waals surface area contributed by atoms with Crippen molar-refractivity contribution < 1.29 is 4.79 Å². The predicted octanol–water partition coefficient (Wildman–Crippen LogP) is 2.15. The van der Waals surface area contributed by atoms with E-state index in [9.17, 15) is 4.79 Å². The second-order valence-electron chi connectivity index (χ2n) is 4.31. The Morgan fingerprint density at radius 2 is 2.20 bits per heavy atom. The van der Waals surface area contributed by atoms with Gasteiger partial charge in [0, 0.05) is 6.54 Å². The quantitative estimate of drug-likeness (QED) is 0.701. The second-order valence-corrected chi connectivity index (χ2v) is 4.31. The van der Waals surface area contributed by atoms with Crippen LogP contribution in [0.5, 0.6) is 0 Å². The third-order valence-electron chi connectivity index (χ3n) is 3.14. The fraction of sp³-hybridized carbons (Fsp3) is 0.667. The lowest BCUT2D eigenvalue weighted by Gasteiger charge is -2.27. The molecule has 3 nitrogen and oxygen atoms in total. The van der Waals surface area contributed by atoms with Crippen molar-refractivity contribution in [3.63, 3.8) is 0 Å². The fourth-order valence-electron chi connectivity index (χ4n) is 2.30. The number of nitriles is 1. The van der Waals surface area contributed by atoms with Crippen molar-refractivity contribution in [2.24, 2.45) is 5.41 Å². The van der Waals surface area contributed by atoms with Crippen molar-refractivity contribution in [3.8, 4) is 6.07 Å². The minimum atomic E-state index is -0.159. The number of allylic oxidation sites excluding steroid dienone is 1. The average molecular weight is 206 g/mol. The molecule has 0 spiro atoms. The van der Waals surface area contributed by atoms with Crippen LogP contribution in [0.25, 0.3) is 0 Å². The maximum atomic E-state index is 11.2. The Hall–Kier alpha value is -1.30. The molecule has 0 aliphatic heterocycles. The zero-order valence-electron chi connectivity index (χ0n) is 9.09. The van der Waals surface area contributed by atoms with Crippen LogP contribution in [0.3, 0.4) is 0 Å². The van der Waals surface area contributed by atoms with Crippen LogP contribution in [0.15, 0.2) is 12.7 Å². The smallest absolute Gasteiger partial charge is 0.234 e. The highest BCUT2D eigenvalue weighted by Gasteiger charge is 2.32. The Morgan fingerprint density at radius 3 is 2.73 bits per heavy atom. The van der Waals surface area contributed by atoms with Gasteiger partial charge in [0.05, 0.1) is 6.07 Å². The topological polar surface area (TPSA) is 52.9 Å². The molecule has 0 heterocycles. The summed E-state index contributed by atoms with van der Waals surface area (Å²) in [6, 6.07) is 1.86. The summed E-state index contributed by atoms with van der Waals surface area (Å²) in [5.41, 5.74) is 0.215. The van der Waals surface area contributed by atoms with Crippen LogP contribution < -0.4 is 5.32 Å². The van der Waals surface area contributed by atoms with E-state index in [2.05, 4.69) is 11.9 Å². The van der Waals surface area contributed by atoms with Crippen LogP contribution in [0, 0.1) is 16.7 Å². The minimum absolute atomic E-state index is 0.0375. The second kappa shape index (κ2) is 5.55. The van der Waals surface area contributed by atoms with Crippen LogP contribution in [0.2, 0.25) is 0 Å². The molecule has 0 aromatic rings. The first-order valence-corrected chi connectivity index (χ1v) is 5.47. The summed E-state index contributed by atoms with van der Waals surface area (Å²) in [4.78, 5) is 11.2. The van der Waals surface area contributed by atoms with E-state index in [1.54, 1.807) is 0 Å². The molecule has 1 amide bonds. The summed E-state index contributed by atoms with van der Waals surface area (Å²) >= 11 is 0. The standard InChI is InChI=1S/C12H18N2O/c1-2-6-12(7-3-4-8-12)10-14-11(15)5-9-13/h2H,1,3-8,10H2,(H,14,15). The van der Waals surface area contributed by atoms with Gasteiger partial charge >= 0.3 is 0 Å². The molecule has 1 N–H and O–H groups in total. The summed E-state index contributed by atoms with van der Waals surface area (Å²) in [5.74, 6) is -0.159. The first-order valence-electron chi connectivity index (χ1n) is 5.47. The average Bonchev–Trinajstić information content (AvgIpc) is 2.65. The lowest BCUT2D eigenvalue weighted by molar-refractivity contribution is -0.120. The van der Waals surface area contributed by atoms with Crippen molar-refractivity contribution in [1.82, 2.24) is 5.32 Å². The molecule has 0 unspecified atom stereocenters. The SMILES string of the molecule is C=CCC1(CNC(=O)CC#N)CCCC1. The highest BCUT2D eigenvalue weighted by atomic mass is 16.1. The molecule has 0 aromatic carbocycles. The van der Waals surface area contributed by atoms with Gasteiger partial charge in [-0.2, -0.15) is 5.26 Å². The van der Waals surface area contributed by atoms with Gasteiger partial charge in [-0.25, -0.2) is 0 Å². The van der Waals surface area contributed by atoms with E-state index in [0.717, 1.165) is 19.3 Å². The Labute approximate surface area is 91.2 Å². The Morgan fingerprint density at radius 1 is 1.53 bits per heavy atom. The van der Waals surface area contributed by atoms with Crippen LogP contribution in [-0.2, 0) is 4.79 Å². The van der Waals surface area contributed by atoms with E-state index >= 15 is 0 Å². The summed E-state index contributed by atoms with van der Waals surface area (Å²) in [6.45, 7) is 4.46. The predicted molar refractivity (Wildman–Crippen MR) is 59.0 cm³/mol. The van der Waals surface area contributed by atoms with Gasteiger partial charge in [0.25, 0.3) is 0 Å². The summed E-state index contributed by atoms with van der Waals surface area (Å²) in [5, 5.41) is 11.2. The Kier molecular flexibility index (Phi) is 4.36. The first-order chi connectivity index (χ1) is 7.22. The van der Waals surface area contributed by atoms with Gasteiger partial charge in [-0.3, -0.25) is 4.79 Å². The summed E-state index contributed by atoms with van der Waals surface area (Å²) in [7, 11) is 0. The fourth-order valence-corrected chi connectivity index (χ4v) is 2.30. The van der Waals surface area contributed by atoms with E-state index in [0.29, 0.717) is 6.54 Å². The summed E-state index contributed by atoms with van der Waals surface area (Å²) in [6.07, 6.45) is 7.65. The third kappa shape index (κ3) is 3.39. The van der Waals surface area contributed by atoms with Gasteiger partial charge < -0.3 is 5.32 Å². The number of carbonyl (C=O) groups excluding carboxylic acids is 1. The van der Waals surface area contributed by atoms with E-state index in [-0.39, 0.29) is 17.7 Å². The molecule has 1 aliphatic carbocycles. The van der Waals surface area contributed by atoms with Crippen LogP contribution in [-0.4, -0.2) is 12.5 Å². The maximum Gasteiger partial charge on any atom is 0.234 e. The normalized spacial score (nSPS) is 18.1. The lowest BCUT2D eigenvalue weighted by atomic mass is 9.82. The molecule has 82 valence electrons. The lowest BCUT2D eigenvalue weighted by Crippen LogP contribution is -2.35. The Balaban J connectivity index is 2.42. The number of hydrogen-bond donors (Lipinski definition) is 1. The molecular weight excluding hydrogens is 188 g/mol. The zero-order chi connectivity index (χ0) is 11.1. The van der Waals surface area contributed by atoms with Crippen LogP contribution in [0.4, 0.5) is 0 Å². The zero-order valence-corrected chi connectivity index (χ0v) is 9.09. The number of hydrogen-bond acceptors (Lipinski definition) is 2. The van der Waals surface area contributed by atoms with Gasteiger partial charge in [-0.05, 0) is 24.7 Å². The molecule has 0 aromatic heterocycles. The van der Waals surface area contributed by atoms with Crippen molar-refractivity contribution >= 4 is 5.91 Å². The number of nitrogens with one attached hydrogen (secondary N) is 1. The molecule has 1 saturated carbocycles. The number of rotatable bonds is 5. The maximum absolute atomic E-state index is 11.2. The van der Waals surface area contributed by atoms with Gasteiger partial charge in [0.1, 0.15) is 6.42 Å². The number of nitrogens with zero attached hydrogens (tertiary/aromatic N) is 1. The van der Waals surface area contributed by atoms with Crippen LogP contribution >= 0.6 is 0 Å². The largest absolute Gasteiger partial charge is 0.355 e. The molecule has 0 bridgehead atoms. The van der Waals surface area contributed by atoms with Gasteiger partial charge in [-0.15, -0.1) is 6.58 Å². The molecule has 3 heteroatoms. The molecule has 1 fully saturated rings. The molecule has 0 atom stereocenters. The van der Waals surface area contributed by atoms with E-state index in [1.807, 2.05) is 12.1 Å². The molecule has 0 saturated heterocycles. The first kappa shape index (κ1) is 11.8. The highest BCUT2D eigenvalue weighted by Crippen LogP contribution is 2.40. The van der Waals surface area contributed by atoms with Crippen molar-refractivity contribution in [2.75, 3.05) is 6.54 Å². The van der Waals surface area contributed by atoms with Gasteiger partial charge in [-0.1, -0.05) is 18.9 Å². The van der Waals surface area contributed by atoms with Crippen LogP contribution in [0.1, 0.15) is 38.5 Å². The monoisotopic (exact) mass is 206 g/mol.